The number of nitrogens with zero attached hydrogens (tertiary/aromatic N) is 1. The zero-order valence-electron chi connectivity index (χ0n) is 17.3. The zero-order chi connectivity index (χ0) is 21.4. The number of hydrogen-bond donors (Lipinski definition) is 3. The summed E-state index contributed by atoms with van der Waals surface area (Å²) in [4.78, 5) is 37.9. The van der Waals surface area contributed by atoms with Crippen LogP contribution in [0.2, 0.25) is 0 Å². The fraction of sp³-hybridized carbons (Fsp3) is 0.318. The van der Waals surface area contributed by atoms with Gasteiger partial charge in [-0.1, -0.05) is 42.8 Å². The van der Waals surface area contributed by atoms with Gasteiger partial charge in [-0.2, -0.15) is 0 Å². The van der Waals surface area contributed by atoms with Gasteiger partial charge in [-0.15, -0.1) is 0 Å². The number of aryl methyl sites for hydroxylation is 3. The van der Waals surface area contributed by atoms with Gasteiger partial charge in [0.1, 0.15) is 0 Å². The van der Waals surface area contributed by atoms with Crippen LogP contribution in [0.3, 0.4) is 0 Å². The van der Waals surface area contributed by atoms with Gasteiger partial charge >= 0.3 is 6.03 Å². The molecule has 2 aromatic carbocycles. The Hall–Kier alpha value is -3.19. The second kappa shape index (κ2) is 10.4. The average molecular weight is 396 g/mol. The molecule has 0 aromatic heterocycles. The van der Waals surface area contributed by atoms with Crippen LogP contribution in [0.1, 0.15) is 23.6 Å². The third kappa shape index (κ3) is 7.04. The molecule has 0 spiro atoms. The smallest absolute Gasteiger partial charge is 0.325 e. The molecule has 29 heavy (non-hydrogen) atoms. The predicted octanol–water partition coefficient (Wildman–Crippen LogP) is 3.08. The van der Waals surface area contributed by atoms with Crippen molar-refractivity contribution in [2.45, 2.75) is 27.2 Å². The third-order valence-corrected chi connectivity index (χ3v) is 4.38. The van der Waals surface area contributed by atoms with Crippen LogP contribution in [0.15, 0.2) is 42.5 Å². The minimum absolute atomic E-state index is 0.0319. The summed E-state index contributed by atoms with van der Waals surface area (Å²) in [5.41, 5.74) is 4.46. The maximum Gasteiger partial charge on any atom is 0.325 e. The van der Waals surface area contributed by atoms with E-state index in [4.69, 9.17) is 0 Å². The lowest BCUT2D eigenvalue weighted by molar-refractivity contribution is -0.122. The normalized spacial score (nSPS) is 10.5. The highest BCUT2D eigenvalue weighted by molar-refractivity contribution is 6.02. The lowest BCUT2D eigenvalue weighted by atomic mass is 10.1. The molecule has 0 atom stereocenters. The molecular formula is C22H28N4O3. The standard InChI is InChI=1S/C22H28N4O3/c1-5-17-8-6-7-9-19(17)23-20(27)13-26(4)14-21(28)25-22(29)24-18-11-10-15(2)12-16(18)3/h6-12H,5,13-14H2,1-4H3,(H,23,27)(H2,24,25,28,29). The van der Waals surface area contributed by atoms with E-state index in [0.29, 0.717) is 5.69 Å². The van der Waals surface area contributed by atoms with Crippen LogP contribution in [-0.2, 0) is 16.0 Å². The molecule has 0 heterocycles. The van der Waals surface area contributed by atoms with Crippen molar-refractivity contribution in [2.24, 2.45) is 0 Å². The Morgan fingerprint density at radius 1 is 0.897 bits per heavy atom. The molecule has 0 aliphatic carbocycles. The quantitative estimate of drug-likeness (QED) is 0.671. The van der Waals surface area contributed by atoms with Crippen LogP contribution >= 0.6 is 0 Å². The topological polar surface area (TPSA) is 90.5 Å². The van der Waals surface area contributed by atoms with Gasteiger partial charge < -0.3 is 10.6 Å². The summed E-state index contributed by atoms with van der Waals surface area (Å²) in [7, 11) is 1.65. The molecule has 0 saturated carbocycles. The average Bonchev–Trinajstić information content (AvgIpc) is 2.64. The summed E-state index contributed by atoms with van der Waals surface area (Å²) >= 11 is 0. The van der Waals surface area contributed by atoms with Gasteiger partial charge in [-0.3, -0.25) is 19.8 Å². The number of likely N-dealkylation sites (N-methyl/N-ethyl adjacent to an activating group) is 1. The van der Waals surface area contributed by atoms with E-state index in [1.165, 1.54) is 0 Å². The largest absolute Gasteiger partial charge is 0.325 e. The van der Waals surface area contributed by atoms with E-state index in [0.717, 1.165) is 28.8 Å². The Kier molecular flexibility index (Phi) is 7.91. The van der Waals surface area contributed by atoms with Crippen molar-refractivity contribution in [1.82, 2.24) is 10.2 Å². The fourth-order valence-corrected chi connectivity index (χ4v) is 2.96. The van der Waals surface area contributed by atoms with Gasteiger partial charge in [-0.25, -0.2) is 4.79 Å². The summed E-state index contributed by atoms with van der Waals surface area (Å²) in [5, 5.41) is 7.80. The first kappa shape index (κ1) is 22.1. The van der Waals surface area contributed by atoms with Crippen LogP contribution < -0.4 is 16.0 Å². The molecule has 0 bridgehead atoms. The van der Waals surface area contributed by atoms with Crippen LogP contribution in [0.25, 0.3) is 0 Å². The van der Waals surface area contributed by atoms with Crippen molar-refractivity contribution in [3.63, 3.8) is 0 Å². The Labute approximate surface area is 171 Å². The highest BCUT2D eigenvalue weighted by atomic mass is 16.2. The summed E-state index contributed by atoms with van der Waals surface area (Å²) < 4.78 is 0. The molecule has 2 rings (SSSR count). The van der Waals surface area contributed by atoms with E-state index in [2.05, 4.69) is 16.0 Å². The van der Waals surface area contributed by atoms with Crippen molar-refractivity contribution in [3.8, 4) is 0 Å². The van der Waals surface area contributed by atoms with E-state index < -0.39 is 11.9 Å². The first-order chi connectivity index (χ1) is 13.8. The number of imide groups is 1. The van der Waals surface area contributed by atoms with Crippen LogP contribution in [0, 0.1) is 13.8 Å². The van der Waals surface area contributed by atoms with Gasteiger partial charge in [0.25, 0.3) is 0 Å². The highest BCUT2D eigenvalue weighted by Gasteiger charge is 2.14. The van der Waals surface area contributed by atoms with Crippen LogP contribution in [-0.4, -0.2) is 42.9 Å². The van der Waals surface area contributed by atoms with Gasteiger partial charge in [0.2, 0.25) is 11.8 Å². The number of carbonyl (C=O) groups excluding carboxylic acids is 3. The molecule has 0 fully saturated rings. The van der Waals surface area contributed by atoms with E-state index >= 15 is 0 Å². The molecule has 0 aliphatic heterocycles. The predicted molar refractivity (Wildman–Crippen MR) is 115 cm³/mol. The fourth-order valence-electron chi connectivity index (χ4n) is 2.96. The van der Waals surface area contributed by atoms with Crippen molar-refractivity contribution < 1.29 is 14.4 Å². The first-order valence-corrected chi connectivity index (χ1v) is 9.53. The molecule has 7 nitrogen and oxygen atoms in total. The van der Waals surface area contributed by atoms with E-state index in [1.807, 2.05) is 57.2 Å². The monoisotopic (exact) mass is 396 g/mol. The number of hydrogen-bond acceptors (Lipinski definition) is 4. The van der Waals surface area contributed by atoms with E-state index in [-0.39, 0.29) is 19.0 Å². The number of carbonyl (C=O) groups is 3. The minimum atomic E-state index is -0.600. The van der Waals surface area contributed by atoms with Gasteiger partial charge in [0, 0.05) is 11.4 Å². The molecular weight excluding hydrogens is 368 g/mol. The maximum atomic E-state index is 12.2. The molecule has 7 heteroatoms. The Morgan fingerprint density at radius 3 is 2.28 bits per heavy atom. The lowest BCUT2D eigenvalue weighted by Crippen LogP contribution is -2.42. The molecule has 0 unspecified atom stereocenters. The first-order valence-electron chi connectivity index (χ1n) is 9.53. The SMILES string of the molecule is CCc1ccccc1NC(=O)CN(C)CC(=O)NC(=O)Nc1ccc(C)cc1C. The number of rotatable bonds is 7. The van der Waals surface area contributed by atoms with Crippen molar-refractivity contribution in [2.75, 3.05) is 30.8 Å². The van der Waals surface area contributed by atoms with E-state index in [1.54, 1.807) is 18.0 Å². The van der Waals surface area contributed by atoms with Crippen molar-refractivity contribution in [1.29, 1.82) is 0 Å². The molecule has 2 aromatic rings. The molecule has 0 aliphatic rings. The Morgan fingerprint density at radius 2 is 1.59 bits per heavy atom. The summed E-state index contributed by atoms with van der Waals surface area (Å²) in [5.74, 6) is -0.711. The Bertz CT molecular complexity index is 895. The second-order valence-electron chi connectivity index (χ2n) is 7.05. The molecule has 154 valence electrons. The highest BCUT2D eigenvalue weighted by Crippen LogP contribution is 2.16. The van der Waals surface area contributed by atoms with Crippen molar-refractivity contribution >= 4 is 29.2 Å². The molecule has 0 saturated heterocycles. The number of anilines is 2. The van der Waals surface area contributed by atoms with Crippen LogP contribution in [0.4, 0.5) is 16.2 Å². The number of amides is 4. The van der Waals surface area contributed by atoms with Gasteiger partial charge in [0.05, 0.1) is 13.1 Å². The van der Waals surface area contributed by atoms with Crippen molar-refractivity contribution in [3.05, 3.63) is 59.2 Å². The third-order valence-electron chi connectivity index (χ3n) is 4.38. The number of benzene rings is 2. The minimum Gasteiger partial charge on any atom is -0.325 e. The molecule has 3 N–H and O–H groups in total. The van der Waals surface area contributed by atoms with Gasteiger partial charge in [-0.05, 0) is 50.6 Å². The summed E-state index contributed by atoms with van der Waals surface area (Å²) in [6, 6.07) is 12.6. The second-order valence-corrected chi connectivity index (χ2v) is 7.05. The van der Waals surface area contributed by atoms with Gasteiger partial charge in [0.15, 0.2) is 0 Å². The van der Waals surface area contributed by atoms with E-state index in [9.17, 15) is 14.4 Å². The number of urea groups is 1. The summed E-state index contributed by atoms with van der Waals surface area (Å²) in [6.07, 6.45) is 0.810. The molecule has 0 radical (unpaired) electrons. The summed E-state index contributed by atoms with van der Waals surface area (Å²) in [6.45, 7) is 5.82. The lowest BCUT2D eigenvalue weighted by Gasteiger charge is -2.17. The molecule has 4 amide bonds. The van der Waals surface area contributed by atoms with Crippen LogP contribution in [0.5, 0.6) is 0 Å². The number of nitrogens with one attached hydrogen (secondary N) is 3. The number of para-hydroxylation sites is 1. The zero-order valence-corrected chi connectivity index (χ0v) is 17.3. The Balaban J connectivity index is 1.80. The maximum absolute atomic E-state index is 12.2.